The highest BCUT2D eigenvalue weighted by atomic mass is 16.7. The minimum absolute atomic E-state index is 0.0656. The molecule has 1 saturated heterocycles. The summed E-state index contributed by atoms with van der Waals surface area (Å²) in [4.78, 5) is 62.0. The summed E-state index contributed by atoms with van der Waals surface area (Å²) in [5.41, 5.74) is 1.41. The molecule has 318 valence electrons. The zero-order valence-electron chi connectivity index (χ0n) is 34.5. The van der Waals surface area contributed by atoms with Crippen LogP contribution in [0.25, 0.3) is 0 Å². The zero-order chi connectivity index (χ0) is 41.7. The smallest absolute Gasteiger partial charge is 0.258 e. The first kappa shape index (κ1) is 45.9. The Morgan fingerprint density at radius 3 is 2.22 bits per heavy atom. The molecule has 2 aromatic carbocycles. The van der Waals surface area contributed by atoms with Crippen LogP contribution < -0.4 is 26.0 Å². The van der Waals surface area contributed by atoms with Crippen molar-refractivity contribution in [3.63, 3.8) is 0 Å². The third kappa shape index (κ3) is 17.0. The number of ether oxygens (including phenoxy) is 3. The van der Waals surface area contributed by atoms with Crippen molar-refractivity contribution in [1.29, 1.82) is 0 Å². The molecule has 0 radical (unpaired) electrons. The summed E-state index contributed by atoms with van der Waals surface area (Å²) in [6, 6.07) is 15.3. The normalized spacial score (nSPS) is 16.8. The number of aliphatic hydroxyl groups excluding tert-OH is 1. The lowest BCUT2D eigenvalue weighted by Gasteiger charge is -2.31. The minimum Gasteiger partial charge on any atom is -0.484 e. The fraction of sp³-hybridized carbons (Fsp3) is 0.568. The van der Waals surface area contributed by atoms with Crippen LogP contribution in [0.15, 0.2) is 73.2 Å². The molecular weight excluding hydrogens is 741 g/mol. The van der Waals surface area contributed by atoms with Crippen molar-refractivity contribution in [2.75, 3.05) is 26.4 Å². The molecule has 6 atom stereocenters. The molecule has 6 N–H and O–H groups in total. The highest BCUT2D eigenvalue weighted by Crippen LogP contribution is 2.21. The lowest BCUT2D eigenvalue weighted by atomic mass is 9.89. The highest BCUT2D eigenvalue weighted by molar-refractivity contribution is 5.92. The van der Waals surface area contributed by atoms with Crippen LogP contribution in [0.2, 0.25) is 0 Å². The van der Waals surface area contributed by atoms with Gasteiger partial charge in [-0.2, -0.15) is 0 Å². The maximum Gasteiger partial charge on any atom is 0.258 e. The number of H-pyrrole nitrogens is 1. The molecule has 14 nitrogen and oxygen atoms in total. The quantitative estimate of drug-likeness (QED) is 0.0680. The number of aromatic nitrogens is 2. The average Bonchev–Trinajstić information content (AvgIpc) is 3.73. The second-order valence-electron chi connectivity index (χ2n) is 15.9. The molecule has 0 spiro atoms. The number of aromatic amines is 1. The van der Waals surface area contributed by atoms with E-state index in [0.717, 1.165) is 24.8 Å². The van der Waals surface area contributed by atoms with E-state index in [-0.39, 0.29) is 49.9 Å². The molecule has 58 heavy (non-hydrogen) atoms. The average molecular weight is 805 g/mol. The summed E-state index contributed by atoms with van der Waals surface area (Å²) in [5.74, 6) is -1.42. The lowest BCUT2D eigenvalue weighted by molar-refractivity contribution is -0.163. The topological polar surface area (TPSA) is 193 Å². The number of hydrogen-bond acceptors (Lipinski definition) is 9. The van der Waals surface area contributed by atoms with Crippen molar-refractivity contribution in [3.05, 3.63) is 84.4 Å². The SMILES string of the molecule is CC(C)CNC(=O)C(CCCOC1CCCCO1)C[C@H](O)[C@H](CC(C)C)NC(=O)[C@H](Cc1cnc[nH]1)NC(=O)[C@H](Cc1ccccc1)NC(=O)COc1ccccc1. The van der Waals surface area contributed by atoms with Gasteiger partial charge in [-0.3, -0.25) is 19.2 Å². The molecule has 1 fully saturated rings. The van der Waals surface area contributed by atoms with Crippen LogP contribution in [0.5, 0.6) is 5.75 Å². The molecule has 1 aromatic heterocycles. The number of nitrogens with zero attached hydrogens (tertiary/aromatic N) is 1. The van der Waals surface area contributed by atoms with Gasteiger partial charge in [-0.15, -0.1) is 0 Å². The number of rotatable bonds is 25. The number of amides is 4. The van der Waals surface area contributed by atoms with Crippen molar-refractivity contribution in [2.45, 2.75) is 116 Å². The van der Waals surface area contributed by atoms with E-state index in [0.29, 0.717) is 50.5 Å². The van der Waals surface area contributed by atoms with Crippen LogP contribution in [0, 0.1) is 17.8 Å². The van der Waals surface area contributed by atoms with E-state index in [1.807, 2.05) is 64.1 Å². The number of nitrogens with one attached hydrogen (secondary N) is 5. The van der Waals surface area contributed by atoms with Gasteiger partial charge in [0.15, 0.2) is 12.9 Å². The molecular formula is C44H64N6O8. The van der Waals surface area contributed by atoms with Crippen LogP contribution in [0.3, 0.4) is 0 Å². The van der Waals surface area contributed by atoms with Gasteiger partial charge in [0.05, 0.1) is 18.5 Å². The summed E-state index contributed by atoms with van der Waals surface area (Å²) in [7, 11) is 0. The first-order valence-corrected chi connectivity index (χ1v) is 20.7. The van der Waals surface area contributed by atoms with Crippen molar-refractivity contribution in [3.8, 4) is 5.75 Å². The third-order valence-corrected chi connectivity index (χ3v) is 9.90. The van der Waals surface area contributed by atoms with Gasteiger partial charge in [-0.25, -0.2) is 4.98 Å². The Balaban J connectivity index is 1.47. The van der Waals surface area contributed by atoms with Crippen LogP contribution in [0.4, 0.5) is 0 Å². The number of benzene rings is 2. The molecule has 3 aromatic rings. The first-order valence-electron chi connectivity index (χ1n) is 20.7. The summed E-state index contributed by atoms with van der Waals surface area (Å²) >= 11 is 0. The van der Waals surface area contributed by atoms with E-state index in [1.54, 1.807) is 30.5 Å². The second kappa shape index (κ2) is 24.9. The molecule has 2 heterocycles. The first-order chi connectivity index (χ1) is 28.0. The fourth-order valence-electron chi connectivity index (χ4n) is 6.81. The van der Waals surface area contributed by atoms with Gasteiger partial charge < -0.3 is 45.6 Å². The molecule has 14 heteroatoms. The highest BCUT2D eigenvalue weighted by Gasteiger charge is 2.33. The number of hydrogen-bond donors (Lipinski definition) is 6. The van der Waals surface area contributed by atoms with Crippen molar-refractivity contribution in [1.82, 2.24) is 31.2 Å². The van der Waals surface area contributed by atoms with Gasteiger partial charge in [-0.1, -0.05) is 76.2 Å². The standard InChI is InChI=1S/C44H64N6O8/c1-30(2)22-36(39(51)24-33(42(53)46-26-31(3)4)16-13-21-57-41-19-11-12-20-56-41)49-44(55)38(25-34-27-45-29-47-34)50-43(54)37(23-32-14-7-5-8-15-32)48-40(52)28-58-35-17-9-6-10-18-35/h5-10,14-15,17-18,27,29-31,33,36-39,41,51H,11-13,16,19-26,28H2,1-4H3,(H,45,47)(H,46,53)(H,48,52)(H,49,55)(H,50,54)/t33?,36-,37-,38-,39-,41?/m0/s1. The van der Waals surface area contributed by atoms with Crippen LogP contribution in [0.1, 0.15) is 83.9 Å². The Hall–Kier alpha value is -4.79. The van der Waals surface area contributed by atoms with Crippen LogP contribution >= 0.6 is 0 Å². The Labute approximate surface area is 343 Å². The van der Waals surface area contributed by atoms with Gasteiger partial charge in [0, 0.05) is 50.4 Å². The Morgan fingerprint density at radius 1 is 0.862 bits per heavy atom. The van der Waals surface area contributed by atoms with E-state index in [4.69, 9.17) is 14.2 Å². The molecule has 0 bridgehead atoms. The fourth-order valence-corrected chi connectivity index (χ4v) is 6.81. The number of carbonyl (C=O) groups excluding carboxylic acids is 4. The van der Waals surface area contributed by atoms with Crippen molar-refractivity contribution < 1.29 is 38.5 Å². The number of para-hydroxylation sites is 1. The predicted octanol–water partition coefficient (Wildman–Crippen LogP) is 4.24. The Kier molecular flexibility index (Phi) is 19.7. The molecule has 2 unspecified atom stereocenters. The van der Waals surface area contributed by atoms with Crippen LogP contribution in [-0.4, -0.2) is 95.6 Å². The summed E-state index contributed by atoms with van der Waals surface area (Å²) in [5, 5.41) is 23.5. The van der Waals surface area contributed by atoms with E-state index in [1.165, 1.54) is 6.33 Å². The third-order valence-electron chi connectivity index (χ3n) is 9.90. The van der Waals surface area contributed by atoms with Gasteiger partial charge in [0.2, 0.25) is 17.7 Å². The van der Waals surface area contributed by atoms with Gasteiger partial charge >= 0.3 is 0 Å². The number of aliphatic hydroxyl groups is 1. The minimum atomic E-state index is -1.10. The molecule has 4 rings (SSSR count). The van der Waals surface area contributed by atoms with E-state index >= 15 is 0 Å². The summed E-state index contributed by atoms with van der Waals surface area (Å²) < 4.78 is 17.2. The van der Waals surface area contributed by atoms with E-state index < -0.39 is 47.9 Å². The van der Waals surface area contributed by atoms with Crippen molar-refractivity contribution in [2.24, 2.45) is 17.8 Å². The number of carbonyl (C=O) groups is 4. The Morgan fingerprint density at radius 2 is 1.57 bits per heavy atom. The summed E-state index contributed by atoms with van der Waals surface area (Å²) in [6.45, 7) is 9.33. The molecule has 1 aliphatic heterocycles. The monoisotopic (exact) mass is 804 g/mol. The van der Waals surface area contributed by atoms with E-state index in [2.05, 4.69) is 31.2 Å². The molecule has 0 saturated carbocycles. The van der Waals surface area contributed by atoms with Crippen LogP contribution in [-0.2, 0) is 41.5 Å². The van der Waals surface area contributed by atoms with E-state index in [9.17, 15) is 24.3 Å². The maximum atomic E-state index is 14.2. The molecule has 0 aliphatic carbocycles. The van der Waals surface area contributed by atoms with Gasteiger partial charge in [-0.05, 0) is 74.5 Å². The largest absolute Gasteiger partial charge is 0.484 e. The predicted molar refractivity (Wildman–Crippen MR) is 220 cm³/mol. The maximum absolute atomic E-state index is 14.2. The second-order valence-corrected chi connectivity index (χ2v) is 15.9. The van der Waals surface area contributed by atoms with Crippen molar-refractivity contribution >= 4 is 23.6 Å². The zero-order valence-corrected chi connectivity index (χ0v) is 34.5. The molecule has 1 aliphatic rings. The van der Waals surface area contributed by atoms with Gasteiger partial charge in [0.25, 0.3) is 5.91 Å². The summed E-state index contributed by atoms with van der Waals surface area (Å²) in [6.07, 6.45) is 6.55. The van der Waals surface area contributed by atoms with Gasteiger partial charge in [0.1, 0.15) is 17.8 Å². The number of imidazole rings is 1. The Bertz CT molecular complexity index is 1640. The molecule has 4 amide bonds. The lowest BCUT2D eigenvalue weighted by Crippen LogP contribution is -2.57.